The van der Waals surface area contributed by atoms with Crippen LogP contribution in [0.15, 0.2) is 43.2 Å². The highest BCUT2D eigenvalue weighted by atomic mass is 15.1. The van der Waals surface area contributed by atoms with Crippen molar-refractivity contribution in [1.29, 1.82) is 0 Å². The molecule has 0 saturated heterocycles. The van der Waals surface area contributed by atoms with Gasteiger partial charge in [-0.1, -0.05) is 0 Å². The highest BCUT2D eigenvalue weighted by molar-refractivity contribution is 5.71. The van der Waals surface area contributed by atoms with Crippen molar-refractivity contribution in [3.05, 3.63) is 43.2 Å². The van der Waals surface area contributed by atoms with Gasteiger partial charge in [0.1, 0.15) is 11.3 Å². The van der Waals surface area contributed by atoms with Crippen LogP contribution in [-0.2, 0) is 5.54 Å². The highest BCUT2D eigenvalue weighted by Gasteiger charge is 2.19. The first-order chi connectivity index (χ1) is 9.65. The molecule has 3 rings (SSSR count). The minimum atomic E-state index is -0.0878. The largest absolute Gasteiger partial charge is 0.368 e. The van der Waals surface area contributed by atoms with Crippen LogP contribution in [0.5, 0.6) is 0 Å². The molecule has 0 bridgehead atoms. The number of pyridine rings is 1. The van der Waals surface area contributed by atoms with E-state index in [4.69, 9.17) is 0 Å². The average molecular weight is 268 g/mol. The second kappa shape index (κ2) is 4.88. The van der Waals surface area contributed by atoms with Crippen LogP contribution >= 0.6 is 0 Å². The maximum atomic E-state index is 4.45. The van der Waals surface area contributed by atoms with Crippen LogP contribution in [0.1, 0.15) is 13.8 Å². The van der Waals surface area contributed by atoms with E-state index in [2.05, 4.69) is 43.7 Å². The van der Waals surface area contributed by atoms with E-state index in [1.807, 2.05) is 24.7 Å². The second-order valence-corrected chi connectivity index (χ2v) is 5.23. The Bertz CT molecular complexity index is 705. The van der Waals surface area contributed by atoms with Gasteiger partial charge in [-0.25, -0.2) is 15.0 Å². The summed E-state index contributed by atoms with van der Waals surface area (Å²) in [6, 6.07) is 3.84. The molecule has 1 N–H and O–H groups in total. The third kappa shape index (κ3) is 2.45. The first kappa shape index (κ1) is 12.5. The van der Waals surface area contributed by atoms with Gasteiger partial charge in [0.05, 0.1) is 11.9 Å². The van der Waals surface area contributed by atoms with Crippen LogP contribution < -0.4 is 5.32 Å². The van der Waals surface area contributed by atoms with Crippen molar-refractivity contribution in [2.75, 3.05) is 11.9 Å². The van der Waals surface area contributed by atoms with Gasteiger partial charge in [-0.15, -0.1) is 0 Å². The number of imidazole rings is 1. The fourth-order valence-corrected chi connectivity index (χ4v) is 1.97. The summed E-state index contributed by atoms with van der Waals surface area (Å²) in [5.41, 5.74) is 1.36. The Morgan fingerprint density at radius 2 is 2.00 bits per heavy atom. The summed E-state index contributed by atoms with van der Waals surface area (Å²) < 4.78 is 2.07. The zero-order valence-corrected chi connectivity index (χ0v) is 11.5. The molecule has 3 heterocycles. The smallest absolute Gasteiger partial charge is 0.180 e. The lowest BCUT2D eigenvalue weighted by Crippen LogP contribution is -2.33. The lowest BCUT2D eigenvalue weighted by Gasteiger charge is -2.27. The van der Waals surface area contributed by atoms with E-state index in [1.165, 1.54) is 0 Å². The molecule has 0 saturated carbocycles. The summed E-state index contributed by atoms with van der Waals surface area (Å²) in [5, 5.41) is 3.34. The molecule has 0 aliphatic carbocycles. The second-order valence-electron chi connectivity index (χ2n) is 5.23. The Morgan fingerprint density at radius 1 is 1.15 bits per heavy atom. The number of rotatable bonds is 4. The van der Waals surface area contributed by atoms with E-state index in [0.717, 1.165) is 17.9 Å². The van der Waals surface area contributed by atoms with E-state index >= 15 is 0 Å². The molecule has 0 radical (unpaired) electrons. The molecule has 0 spiro atoms. The summed E-state index contributed by atoms with van der Waals surface area (Å²) >= 11 is 0. The van der Waals surface area contributed by atoms with Gasteiger partial charge in [0.15, 0.2) is 5.65 Å². The lowest BCUT2D eigenvalue weighted by molar-refractivity contribution is 0.377. The number of fused-ring (bicyclic) bond motifs is 1. The van der Waals surface area contributed by atoms with Gasteiger partial charge in [-0.05, 0) is 26.0 Å². The molecule has 6 heteroatoms. The maximum absolute atomic E-state index is 4.45. The van der Waals surface area contributed by atoms with Crippen LogP contribution in [0.4, 0.5) is 5.82 Å². The van der Waals surface area contributed by atoms with E-state index < -0.39 is 0 Å². The predicted octanol–water partition coefficient (Wildman–Crippen LogP) is 2.07. The number of nitrogens with one attached hydrogen (secondary N) is 1. The molecule has 0 aliphatic rings. The van der Waals surface area contributed by atoms with Gasteiger partial charge < -0.3 is 9.88 Å². The van der Waals surface area contributed by atoms with Crippen molar-refractivity contribution in [2.45, 2.75) is 19.4 Å². The lowest BCUT2D eigenvalue weighted by atomic mass is 10.1. The van der Waals surface area contributed by atoms with Crippen molar-refractivity contribution >= 4 is 17.0 Å². The molecule has 0 unspecified atom stereocenters. The summed E-state index contributed by atoms with van der Waals surface area (Å²) in [7, 11) is 0. The Kier molecular flexibility index (Phi) is 3.06. The molecule has 3 aromatic heterocycles. The van der Waals surface area contributed by atoms with Crippen LogP contribution in [0, 0.1) is 0 Å². The van der Waals surface area contributed by atoms with Gasteiger partial charge in [-0.2, -0.15) is 0 Å². The Morgan fingerprint density at radius 3 is 2.80 bits per heavy atom. The number of anilines is 1. The third-order valence-electron chi connectivity index (χ3n) is 3.24. The molecule has 0 fully saturated rings. The zero-order chi connectivity index (χ0) is 14.0. The minimum absolute atomic E-state index is 0.0878. The summed E-state index contributed by atoms with van der Waals surface area (Å²) in [6.45, 7) is 5.02. The monoisotopic (exact) mass is 268 g/mol. The molecule has 3 aromatic rings. The minimum Gasteiger partial charge on any atom is -0.368 e. The first-order valence-electron chi connectivity index (χ1n) is 6.45. The first-order valence-corrected chi connectivity index (χ1v) is 6.45. The topological polar surface area (TPSA) is 68.5 Å². The number of aromatic nitrogens is 5. The maximum Gasteiger partial charge on any atom is 0.180 e. The molecular weight excluding hydrogens is 252 g/mol. The Hall–Kier alpha value is -2.50. The molecule has 20 heavy (non-hydrogen) atoms. The van der Waals surface area contributed by atoms with E-state index in [9.17, 15) is 0 Å². The molecule has 0 aliphatic heterocycles. The van der Waals surface area contributed by atoms with Crippen LogP contribution in [0.2, 0.25) is 0 Å². The summed E-state index contributed by atoms with van der Waals surface area (Å²) in [4.78, 5) is 16.9. The fourth-order valence-electron chi connectivity index (χ4n) is 1.97. The van der Waals surface area contributed by atoms with Crippen molar-refractivity contribution < 1.29 is 0 Å². The third-order valence-corrected chi connectivity index (χ3v) is 3.24. The molecule has 102 valence electrons. The van der Waals surface area contributed by atoms with Crippen molar-refractivity contribution in [2.24, 2.45) is 0 Å². The van der Waals surface area contributed by atoms with Gasteiger partial charge in [0, 0.05) is 31.3 Å². The van der Waals surface area contributed by atoms with Crippen LogP contribution in [0.25, 0.3) is 11.2 Å². The average Bonchev–Trinajstić information content (AvgIpc) is 3.00. The Balaban J connectivity index is 1.77. The van der Waals surface area contributed by atoms with Crippen LogP contribution in [-0.4, -0.2) is 31.0 Å². The molecule has 6 nitrogen and oxygen atoms in total. The van der Waals surface area contributed by atoms with Gasteiger partial charge >= 0.3 is 0 Å². The van der Waals surface area contributed by atoms with Gasteiger partial charge in [0.25, 0.3) is 0 Å². The van der Waals surface area contributed by atoms with Crippen molar-refractivity contribution in [3.63, 3.8) is 0 Å². The molecule has 0 aromatic carbocycles. The van der Waals surface area contributed by atoms with Crippen LogP contribution in [0.3, 0.4) is 0 Å². The van der Waals surface area contributed by atoms with Gasteiger partial charge in [0.2, 0.25) is 0 Å². The number of nitrogens with zero attached hydrogens (tertiary/aromatic N) is 5. The Labute approximate surface area is 116 Å². The zero-order valence-electron chi connectivity index (χ0n) is 11.5. The van der Waals surface area contributed by atoms with Gasteiger partial charge in [-0.3, -0.25) is 4.98 Å². The summed E-state index contributed by atoms with van der Waals surface area (Å²) in [6.07, 6.45) is 8.88. The normalized spacial score (nSPS) is 11.7. The quantitative estimate of drug-likeness (QED) is 0.784. The van der Waals surface area contributed by atoms with E-state index in [0.29, 0.717) is 5.65 Å². The van der Waals surface area contributed by atoms with Crippen molar-refractivity contribution in [3.8, 4) is 0 Å². The standard InChI is InChI=1S/C14H16N6/c1-14(2,20-8-7-15-10-20)9-18-12-4-3-11-13(19-12)17-6-5-16-11/h3-8,10H,9H2,1-2H3,(H,17,18,19). The van der Waals surface area contributed by atoms with Crippen molar-refractivity contribution in [1.82, 2.24) is 24.5 Å². The number of hydrogen-bond acceptors (Lipinski definition) is 5. The molecular formula is C14H16N6. The SMILES string of the molecule is CC(C)(CNc1ccc2nccnc2n1)n1ccnc1. The molecule has 0 atom stereocenters. The predicted molar refractivity (Wildman–Crippen MR) is 77.4 cm³/mol. The van der Waals surface area contributed by atoms with E-state index in [-0.39, 0.29) is 5.54 Å². The van der Waals surface area contributed by atoms with E-state index in [1.54, 1.807) is 18.6 Å². The molecule has 0 amide bonds. The highest BCUT2D eigenvalue weighted by Crippen LogP contribution is 2.16. The summed E-state index contributed by atoms with van der Waals surface area (Å²) in [5.74, 6) is 0.797. The number of hydrogen-bond donors (Lipinski definition) is 1. The fraction of sp³-hybridized carbons (Fsp3) is 0.286.